The van der Waals surface area contributed by atoms with Crippen LogP contribution in [0.5, 0.6) is 5.75 Å². The van der Waals surface area contributed by atoms with Crippen LogP contribution in [0.2, 0.25) is 0 Å². The van der Waals surface area contributed by atoms with Crippen LogP contribution in [-0.2, 0) is 22.6 Å². The van der Waals surface area contributed by atoms with Gasteiger partial charge in [-0.05, 0) is 29.3 Å². The number of hydrogen-bond acceptors (Lipinski definition) is 8. The summed E-state index contributed by atoms with van der Waals surface area (Å²) in [7, 11) is 3.13. The van der Waals surface area contributed by atoms with Crippen LogP contribution in [0.4, 0.5) is 9.93 Å². The van der Waals surface area contributed by atoms with E-state index in [2.05, 4.69) is 16.9 Å². The average Bonchev–Trinajstić information content (AvgIpc) is 3.48. The Morgan fingerprint density at radius 1 is 1.28 bits per heavy atom. The molecule has 12 heteroatoms. The lowest BCUT2D eigenvalue weighted by atomic mass is 9.99. The van der Waals surface area contributed by atoms with E-state index in [0.717, 1.165) is 21.3 Å². The quantitative estimate of drug-likeness (QED) is 0.412. The van der Waals surface area contributed by atoms with E-state index in [4.69, 9.17) is 10.5 Å². The van der Waals surface area contributed by atoms with E-state index in [-0.39, 0.29) is 37.5 Å². The highest BCUT2D eigenvalue weighted by Gasteiger charge is 2.52. The van der Waals surface area contributed by atoms with Crippen LogP contribution in [-0.4, -0.2) is 88.6 Å². The summed E-state index contributed by atoms with van der Waals surface area (Å²) in [5, 5.41) is 6.29. The number of piperazine rings is 1. The molecule has 0 radical (unpaired) electrons. The third kappa shape index (κ3) is 5.00. The van der Waals surface area contributed by atoms with Gasteiger partial charge in [0.1, 0.15) is 18.0 Å². The number of thiazole rings is 1. The summed E-state index contributed by atoms with van der Waals surface area (Å²) < 4.78 is 6.22. The number of fused-ring (bicyclic) bond motifs is 2. The fourth-order valence-corrected chi connectivity index (χ4v) is 6.07. The Kier molecular flexibility index (Phi) is 7.40. The number of benzene rings is 2. The molecule has 3 N–H and O–H groups in total. The molecular formula is C27H31N7O4S. The maximum atomic E-state index is 14.0. The number of nitrogens with zero attached hydrogens (tertiary/aromatic N) is 5. The molecule has 5 rings (SSSR count). The molecule has 0 saturated carbocycles. The van der Waals surface area contributed by atoms with E-state index < -0.39 is 12.2 Å². The standard InChI is InChI=1S/C27H31N7O4S/c1-4-12-32(27(37)29-2)33-16-23(35)34-20(13-17-8-10-19(38-3)11-9-17)25(36)31(15-22(33)34)14-18-6-5-7-21-24(18)30-26(28)39-21/h4-11,20,22H,1,12-16H2,2-3H3,(H2,28,30)(H,29,37)/t20-,22+/m0/s1. The van der Waals surface area contributed by atoms with Crippen LogP contribution in [0.15, 0.2) is 55.1 Å². The number of carbonyl (C=O) groups is 3. The van der Waals surface area contributed by atoms with Crippen molar-refractivity contribution in [1.82, 2.24) is 30.1 Å². The lowest BCUT2D eigenvalue weighted by molar-refractivity contribution is -0.157. The van der Waals surface area contributed by atoms with E-state index >= 15 is 0 Å². The first kappa shape index (κ1) is 26.4. The summed E-state index contributed by atoms with van der Waals surface area (Å²) in [6.07, 6.45) is 1.40. The minimum absolute atomic E-state index is 0.0235. The second-order valence-electron chi connectivity index (χ2n) is 9.41. The second kappa shape index (κ2) is 10.9. The lowest BCUT2D eigenvalue weighted by Crippen LogP contribution is -2.65. The number of amides is 4. The number of rotatable bonds is 8. The number of hydrogen-bond donors (Lipinski definition) is 2. The van der Waals surface area contributed by atoms with Gasteiger partial charge in [-0.3, -0.25) is 14.6 Å². The van der Waals surface area contributed by atoms with Crippen LogP contribution in [0.1, 0.15) is 11.1 Å². The second-order valence-corrected chi connectivity index (χ2v) is 10.5. The molecule has 2 saturated heterocycles. The number of para-hydroxylation sites is 1. The smallest absolute Gasteiger partial charge is 0.332 e. The number of hydrazine groups is 1. The van der Waals surface area contributed by atoms with Crippen molar-refractivity contribution < 1.29 is 19.1 Å². The highest BCUT2D eigenvalue weighted by Crippen LogP contribution is 2.32. The molecular weight excluding hydrogens is 518 g/mol. The first-order chi connectivity index (χ1) is 18.8. The van der Waals surface area contributed by atoms with Gasteiger partial charge in [-0.1, -0.05) is 41.7 Å². The Hall–Kier alpha value is -4.16. The third-order valence-electron chi connectivity index (χ3n) is 7.10. The minimum atomic E-state index is -0.746. The summed E-state index contributed by atoms with van der Waals surface area (Å²) in [5.41, 5.74) is 8.50. The molecule has 4 amide bonds. The predicted molar refractivity (Wildman–Crippen MR) is 149 cm³/mol. The molecule has 204 valence electrons. The SMILES string of the molecule is C=CCN(C(=O)NC)N1CC(=O)N2[C@@H](Cc3ccc(OC)cc3)C(=O)N(Cc3cccc4sc(N)nc34)C[C@@H]21. The maximum Gasteiger partial charge on any atom is 0.332 e. The molecule has 0 aliphatic carbocycles. The number of ether oxygens (including phenoxy) is 1. The van der Waals surface area contributed by atoms with Gasteiger partial charge in [0, 0.05) is 20.0 Å². The third-order valence-corrected chi connectivity index (χ3v) is 7.95. The fraction of sp³-hybridized carbons (Fsp3) is 0.333. The molecule has 0 spiro atoms. The van der Waals surface area contributed by atoms with Crippen molar-refractivity contribution in [2.45, 2.75) is 25.2 Å². The van der Waals surface area contributed by atoms with Crippen molar-refractivity contribution in [1.29, 1.82) is 0 Å². The van der Waals surface area contributed by atoms with Crippen LogP contribution in [0.3, 0.4) is 0 Å². The van der Waals surface area contributed by atoms with Gasteiger partial charge >= 0.3 is 6.03 Å². The largest absolute Gasteiger partial charge is 0.497 e. The van der Waals surface area contributed by atoms with Gasteiger partial charge in [0.25, 0.3) is 0 Å². The number of anilines is 1. The first-order valence-electron chi connectivity index (χ1n) is 12.6. The number of nitrogens with two attached hydrogens (primary N) is 1. The number of nitrogens with one attached hydrogen (secondary N) is 1. The average molecular weight is 550 g/mol. The lowest BCUT2D eigenvalue weighted by Gasteiger charge is -2.46. The van der Waals surface area contributed by atoms with Gasteiger partial charge in [-0.2, -0.15) is 5.01 Å². The predicted octanol–water partition coefficient (Wildman–Crippen LogP) is 2.05. The van der Waals surface area contributed by atoms with E-state index in [9.17, 15) is 14.4 Å². The Morgan fingerprint density at radius 3 is 2.74 bits per heavy atom. The van der Waals surface area contributed by atoms with E-state index in [1.165, 1.54) is 23.4 Å². The Bertz CT molecular complexity index is 1410. The Balaban J connectivity index is 1.52. The molecule has 39 heavy (non-hydrogen) atoms. The van der Waals surface area contributed by atoms with Crippen molar-refractivity contribution in [3.05, 3.63) is 66.2 Å². The monoisotopic (exact) mass is 549 g/mol. The number of methoxy groups -OCH3 is 1. The summed E-state index contributed by atoms with van der Waals surface area (Å²) in [6, 6.07) is 12.2. The van der Waals surface area contributed by atoms with E-state index in [1.54, 1.807) is 28.0 Å². The van der Waals surface area contributed by atoms with Crippen molar-refractivity contribution in [2.24, 2.45) is 0 Å². The molecule has 0 unspecified atom stereocenters. The fourth-order valence-electron chi connectivity index (χ4n) is 5.29. The molecule has 2 aromatic carbocycles. The van der Waals surface area contributed by atoms with Crippen LogP contribution in [0.25, 0.3) is 10.2 Å². The van der Waals surface area contributed by atoms with Gasteiger partial charge in [0.15, 0.2) is 5.13 Å². The van der Waals surface area contributed by atoms with E-state index in [1.807, 2.05) is 42.5 Å². The number of carbonyl (C=O) groups excluding carboxylic acids is 3. The Morgan fingerprint density at radius 2 is 2.05 bits per heavy atom. The van der Waals surface area contributed by atoms with Crippen molar-refractivity contribution >= 4 is 44.5 Å². The zero-order valence-electron chi connectivity index (χ0n) is 21.9. The summed E-state index contributed by atoms with van der Waals surface area (Å²) >= 11 is 1.40. The van der Waals surface area contributed by atoms with Gasteiger partial charge < -0.3 is 25.6 Å². The summed E-state index contributed by atoms with van der Waals surface area (Å²) in [4.78, 5) is 48.1. The molecule has 2 fully saturated rings. The number of nitrogen functional groups attached to an aromatic ring is 1. The molecule has 1 aromatic heterocycles. The molecule has 3 heterocycles. The number of urea groups is 1. The molecule has 2 aliphatic heterocycles. The van der Waals surface area contributed by atoms with Crippen LogP contribution in [0, 0.1) is 0 Å². The van der Waals surface area contributed by atoms with Crippen molar-refractivity contribution in [3.8, 4) is 5.75 Å². The van der Waals surface area contributed by atoms with Crippen LogP contribution < -0.4 is 15.8 Å². The van der Waals surface area contributed by atoms with E-state index in [0.29, 0.717) is 23.8 Å². The van der Waals surface area contributed by atoms with Gasteiger partial charge in [-0.15, -0.1) is 6.58 Å². The van der Waals surface area contributed by atoms with Crippen molar-refractivity contribution in [3.63, 3.8) is 0 Å². The summed E-state index contributed by atoms with van der Waals surface area (Å²) in [5.74, 6) is 0.337. The zero-order chi connectivity index (χ0) is 27.7. The molecule has 2 atom stereocenters. The normalized spacial score (nSPS) is 19.3. The highest BCUT2D eigenvalue weighted by molar-refractivity contribution is 7.22. The topological polar surface area (TPSA) is 124 Å². The summed E-state index contributed by atoms with van der Waals surface area (Å²) in [6.45, 7) is 4.49. The van der Waals surface area contributed by atoms with Crippen molar-refractivity contribution in [2.75, 3.05) is 39.5 Å². The molecule has 0 bridgehead atoms. The zero-order valence-corrected chi connectivity index (χ0v) is 22.7. The minimum Gasteiger partial charge on any atom is -0.497 e. The molecule has 2 aliphatic rings. The van der Waals surface area contributed by atoms with Gasteiger partial charge in [0.05, 0.1) is 37.0 Å². The first-order valence-corrected chi connectivity index (χ1v) is 13.4. The van der Waals surface area contributed by atoms with Gasteiger partial charge in [0.2, 0.25) is 11.8 Å². The Labute approximate surface area is 230 Å². The molecule has 3 aromatic rings. The van der Waals surface area contributed by atoms with Gasteiger partial charge in [-0.25, -0.2) is 9.78 Å². The molecule has 11 nitrogen and oxygen atoms in total. The maximum absolute atomic E-state index is 14.0. The number of aromatic nitrogens is 1. The highest BCUT2D eigenvalue weighted by atomic mass is 32.1. The van der Waals surface area contributed by atoms with Crippen LogP contribution >= 0.6 is 11.3 Å².